The number of amides is 1. The molecule has 0 saturated heterocycles. The van der Waals surface area contributed by atoms with Gasteiger partial charge in [-0.25, -0.2) is 8.78 Å². The molecule has 0 aliphatic heterocycles. The maximum absolute atomic E-state index is 13.2. The molecule has 0 atom stereocenters. The lowest BCUT2D eigenvalue weighted by Crippen LogP contribution is -2.25. The zero-order chi connectivity index (χ0) is 18.4. The van der Waals surface area contributed by atoms with Crippen molar-refractivity contribution < 1.29 is 13.6 Å². The zero-order valence-electron chi connectivity index (χ0n) is 14.2. The normalized spacial score (nSPS) is 10.7. The quantitative estimate of drug-likeness (QED) is 0.671. The van der Waals surface area contributed by atoms with E-state index in [0.717, 1.165) is 11.1 Å². The summed E-state index contributed by atoms with van der Waals surface area (Å²) in [6.45, 7) is 0.452. The van der Waals surface area contributed by atoms with Crippen molar-refractivity contribution in [2.24, 2.45) is 0 Å². The zero-order valence-corrected chi connectivity index (χ0v) is 14.2. The first kappa shape index (κ1) is 17.8. The van der Waals surface area contributed by atoms with E-state index in [1.54, 1.807) is 36.4 Å². The van der Waals surface area contributed by atoms with Crippen LogP contribution in [0.2, 0.25) is 0 Å². The van der Waals surface area contributed by atoms with Crippen molar-refractivity contribution in [1.29, 1.82) is 0 Å². The summed E-state index contributed by atoms with van der Waals surface area (Å²) >= 11 is 0. The summed E-state index contributed by atoms with van der Waals surface area (Å²) < 4.78 is 26.5. The van der Waals surface area contributed by atoms with Crippen molar-refractivity contribution in [2.45, 2.75) is 12.3 Å². The van der Waals surface area contributed by atoms with Crippen LogP contribution in [0.3, 0.4) is 0 Å². The van der Waals surface area contributed by atoms with Crippen LogP contribution in [0.1, 0.15) is 33.8 Å². The van der Waals surface area contributed by atoms with Gasteiger partial charge in [0.25, 0.3) is 5.91 Å². The van der Waals surface area contributed by atoms with E-state index in [2.05, 4.69) is 5.32 Å². The number of carbonyl (C=O) groups is 1. The molecule has 0 bridgehead atoms. The summed E-state index contributed by atoms with van der Waals surface area (Å²) in [5, 5.41) is 2.90. The average molecular weight is 351 g/mol. The highest BCUT2D eigenvalue weighted by molar-refractivity contribution is 5.94. The van der Waals surface area contributed by atoms with E-state index in [1.807, 2.05) is 18.2 Å². The number of carbonyl (C=O) groups excluding carboxylic acids is 1. The van der Waals surface area contributed by atoms with Crippen LogP contribution in [0.25, 0.3) is 0 Å². The first-order chi connectivity index (χ1) is 12.6. The maximum atomic E-state index is 13.2. The molecule has 3 aromatic rings. The molecule has 0 aliphatic carbocycles. The van der Waals surface area contributed by atoms with Gasteiger partial charge in [-0.15, -0.1) is 0 Å². The fourth-order valence-electron chi connectivity index (χ4n) is 2.94. The Morgan fingerprint density at radius 3 is 1.77 bits per heavy atom. The predicted molar refractivity (Wildman–Crippen MR) is 98.0 cm³/mol. The number of nitrogens with one attached hydrogen (secondary N) is 1. The van der Waals surface area contributed by atoms with E-state index >= 15 is 0 Å². The first-order valence-corrected chi connectivity index (χ1v) is 8.47. The molecule has 0 saturated carbocycles. The van der Waals surface area contributed by atoms with Gasteiger partial charge in [0.05, 0.1) is 0 Å². The Kier molecular flexibility index (Phi) is 5.74. The van der Waals surface area contributed by atoms with Crippen LogP contribution < -0.4 is 5.32 Å². The summed E-state index contributed by atoms with van der Waals surface area (Å²) in [6, 6.07) is 21.5. The lowest BCUT2D eigenvalue weighted by Gasteiger charge is -2.18. The van der Waals surface area contributed by atoms with Crippen molar-refractivity contribution >= 4 is 5.91 Å². The summed E-state index contributed by atoms with van der Waals surface area (Å²) in [5.74, 6) is -0.803. The van der Waals surface area contributed by atoms with Crippen LogP contribution in [0.15, 0.2) is 78.9 Å². The molecular formula is C22H19F2NO. The molecule has 1 N–H and O–H groups in total. The van der Waals surface area contributed by atoms with Crippen molar-refractivity contribution in [1.82, 2.24) is 5.32 Å². The third kappa shape index (κ3) is 4.54. The van der Waals surface area contributed by atoms with Gasteiger partial charge < -0.3 is 5.32 Å². The van der Waals surface area contributed by atoms with Crippen molar-refractivity contribution in [2.75, 3.05) is 6.54 Å². The second kappa shape index (κ2) is 8.39. The lowest BCUT2D eigenvalue weighted by atomic mass is 9.88. The Hall–Kier alpha value is -3.01. The average Bonchev–Trinajstić information content (AvgIpc) is 2.68. The minimum Gasteiger partial charge on any atom is -0.352 e. The van der Waals surface area contributed by atoms with Crippen molar-refractivity contribution in [3.05, 3.63) is 107 Å². The molecule has 0 aliphatic rings. The van der Waals surface area contributed by atoms with Crippen LogP contribution in [0, 0.1) is 11.6 Å². The second-order valence-corrected chi connectivity index (χ2v) is 6.07. The molecule has 0 unspecified atom stereocenters. The number of hydrogen-bond donors (Lipinski definition) is 1. The summed E-state index contributed by atoms with van der Waals surface area (Å²) in [4.78, 5) is 12.2. The minimum absolute atomic E-state index is 0.0627. The Morgan fingerprint density at radius 2 is 1.27 bits per heavy atom. The molecule has 4 heteroatoms. The monoisotopic (exact) mass is 351 g/mol. The number of rotatable bonds is 6. The van der Waals surface area contributed by atoms with E-state index in [9.17, 15) is 13.6 Å². The molecule has 0 spiro atoms. The molecule has 26 heavy (non-hydrogen) atoms. The van der Waals surface area contributed by atoms with Gasteiger partial charge in [0, 0.05) is 18.0 Å². The summed E-state index contributed by atoms with van der Waals surface area (Å²) in [5.41, 5.74) is 2.45. The van der Waals surface area contributed by atoms with Crippen LogP contribution in [0.4, 0.5) is 8.78 Å². The Balaban J connectivity index is 1.72. The topological polar surface area (TPSA) is 29.1 Å². The van der Waals surface area contributed by atoms with Crippen LogP contribution in [0.5, 0.6) is 0 Å². The fraction of sp³-hybridized carbons (Fsp3) is 0.136. The van der Waals surface area contributed by atoms with E-state index in [-0.39, 0.29) is 23.5 Å². The van der Waals surface area contributed by atoms with E-state index < -0.39 is 0 Å². The van der Waals surface area contributed by atoms with Gasteiger partial charge in [-0.05, 0) is 53.9 Å². The fourth-order valence-corrected chi connectivity index (χ4v) is 2.94. The number of hydrogen-bond acceptors (Lipinski definition) is 1. The Morgan fingerprint density at radius 1 is 0.769 bits per heavy atom. The van der Waals surface area contributed by atoms with Gasteiger partial charge in [0.2, 0.25) is 0 Å². The van der Waals surface area contributed by atoms with Gasteiger partial charge in [0.1, 0.15) is 11.6 Å². The molecule has 3 aromatic carbocycles. The highest BCUT2D eigenvalue weighted by atomic mass is 19.1. The lowest BCUT2D eigenvalue weighted by molar-refractivity contribution is 0.0953. The van der Waals surface area contributed by atoms with Crippen molar-refractivity contribution in [3.8, 4) is 0 Å². The summed E-state index contributed by atoms with van der Waals surface area (Å²) in [6.07, 6.45) is 0.621. The van der Waals surface area contributed by atoms with E-state index in [1.165, 1.54) is 24.3 Å². The molecule has 2 nitrogen and oxygen atoms in total. The van der Waals surface area contributed by atoms with Gasteiger partial charge in [-0.2, -0.15) is 0 Å². The molecule has 0 heterocycles. The first-order valence-electron chi connectivity index (χ1n) is 8.47. The molecule has 0 fully saturated rings. The summed E-state index contributed by atoms with van der Waals surface area (Å²) in [7, 11) is 0. The third-order valence-corrected chi connectivity index (χ3v) is 4.30. The van der Waals surface area contributed by atoms with Gasteiger partial charge >= 0.3 is 0 Å². The van der Waals surface area contributed by atoms with Gasteiger partial charge in [0.15, 0.2) is 0 Å². The van der Waals surface area contributed by atoms with E-state index in [0.29, 0.717) is 18.5 Å². The van der Waals surface area contributed by atoms with Crippen LogP contribution >= 0.6 is 0 Å². The maximum Gasteiger partial charge on any atom is 0.251 e. The molecule has 0 aromatic heterocycles. The molecule has 3 rings (SSSR count). The Labute approximate surface area is 151 Å². The molecule has 132 valence electrons. The standard InChI is InChI=1S/C22H19F2NO/c23-19-10-6-16(7-11-19)21(17-8-12-20(24)13-9-17)14-15-25-22(26)18-4-2-1-3-5-18/h1-13,21H,14-15H2,(H,25,26). The minimum atomic E-state index is -0.302. The van der Waals surface area contributed by atoms with E-state index in [4.69, 9.17) is 0 Å². The molecule has 0 radical (unpaired) electrons. The molecule has 1 amide bonds. The third-order valence-electron chi connectivity index (χ3n) is 4.30. The molecular weight excluding hydrogens is 332 g/mol. The number of halogens is 2. The highest BCUT2D eigenvalue weighted by Crippen LogP contribution is 2.28. The van der Waals surface area contributed by atoms with Crippen LogP contribution in [-0.4, -0.2) is 12.5 Å². The largest absolute Gasteiger partial charge is 0.352 e. The highest BCUT2D eigenvalue weighted by Gasteiger charge is 2.15. The van der Waals surface area contributed by atoms with Crippen molar-refractivity contribution in [3.63, 3.8) is 0 Å². The Bertz CT molecular complexity index is 800. The smallest absolute Gasteiger partial charge is 0.251 e. The van der Waals surface area contributed by atoms with Crippen LogP contribution in [-0.2, 0) is 0 Å². The number of benzene rings is 3. The second-order valence-electron chi connectivity index (χ2n) is 6.07. The SMILES string of the molecule is O=C(NCCC(c1ccc(F)cc1)c1ccc(F)cc1)c1ccccc1. The van der Waals surface area contributed by atoms with Gasteiger partial charge in [-0.1, -0.05) is 42.5 Å². The predicted octanol–water partition coefficient (Wildman–Crippen LogP) is 4.92. The van der Waals surface area contributed by atoms with Gasteiger partial charge in [-0.3, -0.25) is 4.79 Å².